The second-order valence-corrected chi connectivity index (χ2v) is 9.72. The summed E-state index contributed by atoms with van der Waals surface area (Å²) in [7, 11) is 1.54. The molecule has 9 nitrogen and oxygen atoms in total. The van der Waals surface area contributed by atoms with E-state index in [9.17, 15) is 32.3 Å². The molecule has 2 aliphatic rings. The Hall–Kier alpha value is -4.19. The third-order valence-electron chi connectivity index (χ3n) is 7.12. The van der Waals surface area contributed by atoms with Crippen LogP contribution in [0.4, 0.5) is 13.2 Å². The lowest BCUT2D eigenvalue weighted by atomic mass is 9.82. The Balaban J connectivity index is 0.000000482. The van der Waals surface area contributed by atoms with Crippen molar-refractivity contribution in [3.8, 4) is 0 Å². The SMILES string of the molecule is CNC(=O)c1cccc(C(=O)N2[C@@H]3CC[C@H]2CC([C@H](N)Cc2cc(F)c(F)cc2F)C3)c1.O=C(O)/C=C\C(=O)O. The van der Waals surface area contributed by atoms with E-state index in [-0.39, 0.29) is 41.8 Å². The van der Waals surface area contributed by atoms with E-state index in [2.05, 4.69) is 5.32 Å². The largest absolute Gasteiger partial charge is 0.478 e. The number of benzene rings is 2. The minimum absolute atomic E-state index is 0.00996. The number of hydrogen-bond acceptors (Lipinski definition) is 5. The number of nitrogens with zero attached hydrogens (tertiary/aromatic N) is 1. The van der Waals surface area contributed by atoms with E-state index in [0.29, 0.717) is 42.2 Å². The number of piperidine rings is 1. The van der Waals surface area contributed by atoms with Crippen LogP contribution >= 0.6 is 0 Å². The van der Waals surface area contributed by atoms with E-state index in [0.717, 1.165) is 18.9 Å². The van der Waals surface area contributed by atoms with Gasteiger partial charge in [-0.3, -0.25) is 9.59 Å². The first-order chi connectivity index (χ1) is 18.9. The Morgan fingerprint density at radius 2 is 1.50 bits per heavy atom. The fourth-order valence-corrected chi connectivity index (χ4v) is 5.27. The van der Waals surface area contributed by atoms with Crippen LogP contribution in [0.15, 0.2) is 48.6 Å². The van der Waals surface area contributed by atoms with Gasteiger partial charge in [0.25, 0.3) is 11.8 Å². The molecule has 0 spiro atoms. The number of rotatable bonds is 7. The monoisotopic (exact) mass is 561 g/mol. The van der Waals surface area contributed by atoms with E-state index < -0.39 is 35.4 Å². The predicted octanol–water partition coefficient (Wildman–Crippen LogP) is 3.13. The number of carbonyl (C=O) groups excluding carboxylic acids is 2. The van der Waals surface area contributed by atoms with Gasteiger partial charge in [-0.1, -0.05) is 6.07 Å². The van der Waals surface area contributed by atoms with Crippen LogP contribution in [0.25, 0.3) is 0 Å². The molecule has 2 saturated heterocycles. The zero-order valence-electron chi connectivity index (χ0n) is 21.6. The van der Waals surface area contributed by atoms with Crippen LogP contribution in [0.3, 0.4) is 0 Å². The van der Waals surface area contributed by atoms with Gasteiger partial charge in [0.2, 0.25) is 0 Å². The average Bonchev–Trinajstić information content (AvgIpc) is 3.18. The van der Waals surface area contributed by atoms with Crippen LogP contribution in [0.5, 0.6) is 0 Å². The van der Waals surface area contributed by atoms with Gasteiger partial charge in [0, 0.05) is 54.5 Å². The van der Waals surface area contributed by atoms with Gasteiger partial charge in [-0.15, -0.1) is 0 Å². The summed E-state index contributed by atoms with van der Waals surface area (Å²) < 4.78 is 40.8. The summed E-state index contributed by atoms with van der Waals surface area (Å²) in [5.41, 5.74) is 7.32. The number of aliphatic carboxylic acids is 2. The minimum Gasteiger partial charge on any atom is -0.478 e. The Kier molecular flexibility index (Phi) is 10.1. The van der Waals surface area contributed by atoms with Crippen LogP contribution in [-0.2, 0) is 16.0 Å². The zero-order valence-corrected chi connectivity index (χ0v) is 21.6. The van der Waals surface area contributed by atoms with E-state index in [1.807, 2.05) is 4.90 Å². The van der Waals surface area contributed by atoms with E-state index in [1.165, 1.54) is 7.05 Å². The molecule has 2 fully saturated rings. The predicted molar refractivity (Wildman–Crippen MR) is 138 cm³/mol. The first-order valence-corrected chi connectivity index (χ1v) is 12.6. The van der Waals surface area contributed by atoms with Gasteiger partial charge in [0.15, 0.2) is 11.6 Å². The number of carbonyl (C=O) groups is 4. The first-order valence-electron chi connectivity index (χ1n) is 12.6. The Labute approximate surface area is 228 Å². The number of nitrogens with two attached hydrogens (primary N) is 1. The molecule has 2 amide bonds. The van der Waals surface area contributed by atoms with Crippen molar-refractivity contribution in [1.29, 1.82) is 0 Å². The summed E-state index contributed by atoms with van der Waals surface area (Å²) in [6.45, 7) is 0. The molecule has 12 heteroatoms. The molecular weight excluding hydrogens is 531 g/mol. The summed E-state index contributed by atoms with van der Waals surface area (Å²) >= 11 is 0. The number of fused-ring (bicyclic) bond motifs is 2. The Bertz CT molecular complexity index is 1290. The van der Waals surface area contributed by atoms with Gasteiger partial charge in [-0.05, 0) is 67.9 Å². The van der Waals surface area contributed by atoms with Crippen molar-refractivity contribution in [2.75, 3.05) is 7.05 Å². The maximum atomic E-state index is 14.1. The highest BCUT2D eigenvalue weighted by Gasteiger charge is 2.44. The average molecular weight is 562 g/mol. The normalized spacial score (nSPS) is 20.4. The lowest BCUT2D eigenvalue weighted by Crippen LogP contribution is -2.50. The number of hydrogen-bond donors (Lipinski definition) is 4. The van der Waals surface area contributed by atoms with Crippen LogP contribution in [0.2, 0.25) is 0 Å². The summed E-state index contributed by atoms with van der Waals surface area (Å²) in [5, 5.41) is 18.2. The number of halogens is 3. The van der Waals surface area contributed by atoms with Crippen molar-refractivity contribution < 1.29 is 42.6 Å². The summed E-state index contributed by atoms with van der Waals surface area (Å²) in [4.78, 5) is 46.2. The molecule has 4 rings (SSSR count). The molecule has 0 aromatic heterocycles. The van der Waals surface area contributed by atoms with E-state index in [4.69, 9.17) is 15.9 Å². The maximum Gasteiger partial charge on any atom is 0.328 e. The molecular formula is C28H30F3N3O6. The molecule has 0 saturated carbocycles. The van der Waals surface area contributed by atoms with Crippen LogP contribution in [0.1, 0.15) is 52.0 Å². The molecule has 2 bridgehead atoms. The highest BCUT2D eigenvalue weighted by atomic mass is 19.2. The van der Waals surface area contributed by atoms with Gasteiger partial charge in [-0.25, -0.2) is 22.8 Å². The summed E-state index contributed by atoms with van der Waals surface area (Å²) in [6.07, 6.45) is 4.27. The molecule has 0 aliphatic carbocycles. The number of carboxylic acids is 2. The smallest absolute Gasteiger partial charge is 0.328 e. The lowest BCUT2D eigenvalue weighted by molar-refractivity contribution is -0.134. The Morgan fingerprint density at radius 3 is 2.05 bits per heavy atom. The number of amides is 2. The van der Waals surface area contributed by atoms with Crippen LogP contribution < -0.4 is 11.1 Å². The number of carboxylic acid groups (broad SMARTS) is 2. The van der Waals surface area contributed by atoms with Gasteiger partial charge in [0.1, 0.15) is 5.82 Å². The van der Waals surface area contributed by atoms with E-state index in [1.54, 1.807) is 24.3 Å². The second-order valence-electron chi connectivity index (χ2n) is 9.72. The fourth-order valence-electron chi connectivity index (χ4n) is 5.27. The minimum atomic E-state index is -1.26. The Morgan fingerprint density at radius 1 is 0.950 bits per heavy atom. The molecule has 4 atom stereocenters. The quantitative estimate of drug-likeness (QED) is 0.300. The standard InChI is InChI=1S/C24H26F3N3O2.C4H4O4/c1-29-23(31)13-3-2-4-14(7-13)24(32)30-17-5-6-18(30)9-16(8-17)22(28)11-15-10-20(26)21(27)12-19(15)25;5-3(6)1-2-4(7)8/h2-4,7,10,12,16-18,22H,5-6,8-9,11,28H2,1H3,(H,29,31);1-2H,(H,5,6)(H,7,8)/b;2-1-/t16?,17-,18+,22-;/m1./s1. The maximum absolute atomic E-state index is 14.1. The molecule has 5 N–H and O–H groups in total. The molecule has 1 unspecified atom stereocenters. The molecule has 0 radical (unpaired) electrons. The second kappa shape index (κ2) is 13.2. The van der Waals surface area contributed by atoms with Crippen molar-refractivity contribution >= 4 is 23.8 Å². The van der Waals surface area contributed by atoms with Gasteiger partial charge >= 0.3 is 11.9 Å². The molecule has 40 heavy (non-hydrogen) atoms. The van der Waals surface area contributed by atoms with Crippen molar-refractivity contribution in [2.45, 2.75) is 50.2 Å². The molecule has 2 heterocycles. The zero-order chi connectivity index (χ0) is 29.6. The summed E-state index contributed by atoms with van der Waals surface area (Å²) in [6, 6.07) is 7.68. The van der Waals surface area contributed by atoms with Gasteiger partial charge < -0.3 is 26.2 Å². The van der Waals surface area contributed by atoms with Gasteiger partial charge in [-0.2, -0.15) is 0 Å². The molecule has 2 aromatic rings. The fraction of sp³-hybridized carbons (Fsp3) is 0.357. The van der Waals surface area contributed by atoms with E-state index >= 15 is 0 Å². The van der Waals surface area contributed by atoms with Crippen molar-refractivity contribution in [3.63, 3.8) is 0 Å². The topological polar surface area (TPSA) is 150 Å². The van der Waals surface area contributed by atoms with Crippen LogP contribution in [0, 0.1) is 23.4 Å². The van der Waals surface area contributed by atoms with Gasteiger partial charge in [0.05, 0.1) is 0 Å². The third kappa shape index (κ3) is 7.47. The third-order valence-corrected chi connectivity index (χ3v) is 7.12. The van der Waals surface area contributed by atoms with Crippen molar-refractivity contribution in [3.05, 3.63) is 82.7 Å². The molecule has 214 valence electrons. The van der Waals surface area contributed by atoms with Crippen LogP contribution in [-0.4, -0.2) is 64.0 Å². The van der Waals surface area contributed by atoms with Crippen molar-refractivity contribution in [1.82, 2.24) is 10.2 Å². The highest BCUT2D eigenvalue weighted by Crippen LogP contribution is 2.41. The molecule has 2 aromatic carbocycles. The first kappa shape index (κ1) is 30.4. The number of nitrogens with one attached hydrogen (secondary N) is 1. The highest BCUT2D eigenvalue weighted by molar-refractivity contribution is 6.00. The molecule has 2 aliphatic heterocycles. The lowest BCUT2D eigenvalue weighted by Gasteiger charge is -2.41. The van der Waals surface area contributed by atoms with Crippen molar-refractivity contribution in [2.24, 2.45) is 11.7 Å². The summed E-state index contributed by atoms with van der Waals surface area (Å²) in [5.74, 6) is -5.94.